The molecule has 1 aliphatic heterocycles. The third-order valence-corrected chi connectivity index (χ3v) is 6.17. The molecule has 0 radical (unpaired) electrons. The zero-order valence-corrected chi connectivity index (χ0v) is 18.7. The summed E-state index contributed by atoms with van der Waals surface area (Å²) in [5.41, 5.74) is 2.64. The van der Waals surface area contributed by atoms with E-state index in [1.165, 1.54) is 5.56 Å². The highest BCUT2D eigenvalue weighted by Gasteiger charge is 2.50. The average Bonchev–Trinajstić information content (AvgIpc) is 3.26. The Balaban J connectivity index is 1.92. The molecular weight excluding hydrogens is 394 g/mol. The van der Waals surface area contributed by atoms with E-state index in [2.05, 4.69) is 52.1 Å². The van der Waals surface area contributed by atoms with E-state index in [1.54, 1.807) is 0 Å². The Bertz CT molecular complexity index is 1060. The summed E-state index contributed by atoms with van der Waals surface area (Å²) >= 11 is 6.23. The minimum Gasteiger partial charge on any atom is -0.351 e. The number of halogens is 1. The lowest BCUT2D eigenvalue weighted by Gasteiger charge is -2.41. The Morgan fingerprint density at radius 3 is 2.53 bits per heavy atom. The summed E-state index contributed by atoms with van der Waals surface area (Å²) in [7, 11) is 0. The van der Waals surface area contributed by atoms with Gasteiger partial charge >= 0.3 is 0 Å². The lowest BCUT2D eigenvalue weighted by Crippen LogP contribution is -2.46. The highest BCUT2D eigenvalue weighted by Crippen LogP contribution is 2.52. The summed E-state index contributed by atoms with van der Waals surface area (Å²) in [4.78, 5) is 17.7. The van der Waals surface area contributed by atoms with E-state index in [4.69, 9.17) is 11.6 Å². The van der Waals surface area contributed by atoms with Crippen LogP contribution >= 0.6 is 11.6 Å². The van der Waals surface area contributed by atoms with Crippen LogP contribution in [0, 0.1) is 5.92 Å². The number of hydrogen-bond acceptors (Lipinski definition) is 2. The number of imidazole rings is 1. The van der Waals surface area contributed by atoms with E-state index in [1.807, 2.05) is 51.4 Å². The lowest BCUT2D eigenvalue weighted by molar-refractivity contribution is -0.124. The van der Waals surface area contributed by atoms with Gasteiger partial charge < -0.3 is 9.88 Å². The molecule has 0 spiro atoms. The first-order chi connectivity index (χ1) is 14.3. The second-order valence-corrected chi connectivity index (χ2v) is 9.48. The SMILES string of the molecule is CCC(CC(=O)NC(C)(C)C)C1(c2ccc(Cl)cc2)c2ccccc2-c2nccn21. The number of hydrogen-bond donors (Lipinski definition) is 1. The number of carbonyl (C=O) groups excluding carboxylic acids is 1. The van der Waals surface area contributed by atoms with Crippen LogP contribution in [-0.2, 0) is 10.3 Å². The maximum Gasteiger partial charge on any atom is 0.220 e. The molecule has 5 heteroatoms. The van der Waals surface area contributed by atoms with Crippen LogP contribution < -0.4 is 5.32 Å². The van der Waals surface area contributed by atoms with E-state index in [-0.39, 0.29) is 17.4 Å². The standard InChI is InChI=1S/C25H28ClN3O/c1-5-17(16-22(30)28-24(2,3)4)25(18-10-12-19(26)13-11-18)21-9-7-6-8-20(21)23-27-14-15-29(23)25/h6-15,17H,5,16H2,1-4H3,(H,28,30). The molecule has 0 saturated carbocycles. The van der Waals surface area contributed by atoms with Gasteiger partial charge in [0.1, 0.15) is 11.4 Å². The molecule has 0 aliphatic carbocycles. The van der Waals surface area contributed by atoms with Gasteiger partial charge in [0.2, 0.25) is 5.91 Å². The predicted octanol–water partition coefficient (Wildman–Crippen LogP) is 5.64. The van der Waals surface area contributed by atoms with Crippen LogP contribution in [-0.4, -0.2) is 21.0 Å². The maximum absolute atomic E-state index is 13.0. The summed E-state index contributed by atoms with van der Waals surface area (Å²) in [5.74, 6) is 1.04. The number of fused-ring (bicyclic) bond motifs is 3. The highest BCUT2D eigenvalue weighted by molar-refractivity contribution is 6.30. The first kappa shape index (κ1) is 20.7. The predicted molar refractivity (Wildman–Crippen MR) is 122 cm³/mol. The molecule has 2 unspecified atom stereocenters. The van der Waals surface area contributed by atoms with Gasteiger partial charge in [0.25, 0.3) is 0 Å². The van der Waals surface area contributed by atoms with Crippen LogP contribution in [0.2, 0.25) is 5.02 Å². The largest absolute Gasteiger partial charge is 0.351 e. The van der Waals surface area contributed by atoms with E-state index in [0.29, 0.717) is 11.4 Å². The van der Waals surface area contributed by atoms with Crippen LogP contribution in [0.25, 0.3) is 11.4 Å². The molecule has 4 nitrogen and oxygen atoms in total. The molecule has 0 fully saturated rings. The second kappa shape index (κ2) is 7.59. The number of nitrogens with one attached hydrogen (secondary N) is 1. The Hall–Kier alpha value is -2.59. The van der Waals surface area contributed by atoms with Gasteiger partial charge in [-0.3, -0.25) is 4.79 Å². The third kappa shape index (κ3) is 3.33. The minimum atomic E-state index is -0.517. The summed E-state index contributed by atoms with van der Waals surface area (Å²) in [5, 5.41) is 3.84. The molecule has 30 heavy (non-hydrogen) atoms. The monoisotopic (exact) mass is 421 g/mol. The van der Waals surface area contributed by atoms with Gasteiger partial charge in [0, 0.05) is 34.9 Å². The van der Waals surface area contributed by atoms with E-state index in [9.17, 15) is 4.79 Å². The average molecular weight is 422 g/mol. The summed E-state index contributed by atoms with van der Waals surface area (Å²) in [6.45, 7) is 8.20. The third-order valence-electron chi connectivity index (χ3n) is 5.91. The first-order valence-corrected chi connectivity index (χ1v) is 10.9. The molecule has 3 aromatic rings. The number of amides is 1. The van der Waals surface area contributed by atoms with Crippen molar-refractivity contribution in [1.29, 1.82) is 0 Å². The quantitative estimate of drug-likeness (QED) is 0.579. The van der Waals surface area contributed by atoms with Crippen LogP contribution in [0.4, 0.5) is 0 Å². The Labute approximate surface area is 183 Å². The Kier molecular flexibility index (Phi) is 5.23. The fourth-order valence-corrected chi connectivity index (χ4v) is 4.98. The lowest BCUT2D eigenvalue weighted by atomic mass is 9.70. The van der Waals surface area contributed by atoms with Crippen LogP contribution in [0.15, 0.2) is 60.9 Å². The zero-order chi connectivity index (χ0) is 21.5. The molecule has 4 rings (SSSR count). The molecule has 156 valence electrons. The normalized spacial score (nSPS) is 18.6. The molecule has 2 atom stereocenters. The second-order valence-electron chi connectivity index (χ2n) is 9.05. The molecule has 2 aromatic carbocycles. The van der Waals surface area contributed by atoms with Crippen molar-refractivity contribution in [2.24, 2.45) is 5.92 Å². The van der Waals surface area contributed by atoms with Crippen molar-refractivity contribution >= 4 is 17.5 Å². The number of aromatic nitrogens is 2. The van der Waals surface area contributed by atoms with Crippen molar-refractivity contribution in [3.8, 4) is 11.4 Å². The first-order valence-electron chi connectivity index (χ1n) is 10.5. The van der Waals surface area contributed by atoms with Crippen molar-refractivity contribution in [2.45, 2.75) is 51.6 Å². The number of nitrogens with zero attached hydrogens (tertiary/aromatic N) is 2. The van der Waals surface area contributed by atoms with Gasteiger partial charge in [-0.25, -0.2) is 4.98 Å². The molecule has 1 aliphatic rings. The maximum atomic E-state index is 13.0. The zero-order valence-electron chi connectivity index (χ0n) is 17.9. The molecule has 1 N–H and O–H groups in total. The van der Waals surface area contributed by atoms with Gasteiger partial charge in [-0.15, -0.1) is 0 Å². The van der Waals surface area contributed by atoms with E-state index < -0.39 is 5.54 Å². The summed E-state index contributed by atoms with van der Waals surface area (Å²) < 4.78 is 2.25. The number of benzene rings is 2. The Morgan fingerprint density at radius 1 is 1.17 bits per heavy atom. The molecule has 1 amide bonds. The van der Waals surface area contributed by atoms with E-state index >= 15 is 0 Å². The van der Waals surface area contributed by atoms with Crippen molar-refractivity contribution in [3.63, 3.8) is 0 Å². The fourth-order valence-electron chi connectivity index (χ4n) is 4.86. The molecule has 1 aromatic heterocycles. The van der Waals surface area contributed by atoms with Gasteiger partial charge in [-0.05, 0) is 56.4 Å². The minimum absolute atomic E-state index is 0.0395. The van der Waals surface area contributed by atoms with Gasteiger partial charge in [-0.2, -0.15) is 0 Å². The summed E-state index contributed by atoms with van der Waals surface area (Å²) in [6.07, 6.45) is 5.14. The van der Waals surface area contributed by atoms with Gasteiger partial charge in [0.05, 0.1) is 0 Å². The van der Waals surface area contributed by atoms with Gasteiger partial charge in [-0.1, -0.05) is 54.9 Å². The molecular formula is C25H28ClN3O. The summed E-state index contributed by atoms with van der Waals surface area (Å²) in [6, 6.07) is 16.4. The van der Waals surface area contributed by atoms with Crippen molar-refractivity contribution < 1.29 is 4.79 Å². The number of rotatable bonds is 5. The van der Waals surface area contributed by atoms with E-state index in [0.717, 1.165) is 23.4 Å². The van der Waals surface area contributed by atoms with Crippen LogP contribution in [0.5, 0.6) is 0 Å². The smallest absolute Gasteiger partial charge is 0.220 e. The fraction of sp³-hybridized carbons (Fsp3) is 0.360. The van der Waals surface area contributed by atoms with Crippen molar-refractivity contribution in [3.05, 3.63) is 77.1 Å². The topological polar surface area (TPSA) is 46.9 Å². The molecule has 0 saturated heterocycles. The van der Waals surface area contributed by atoms with Gasteiger partial charge in [0.15, 0.2) is 0 Å². The van der Waals surface area contributed by atoms with Crippen molar-refractivity contribution in [1.82, 2.24) is 14.9 Å². The van der Waals surface area contributed by atoms with Crippen molar-refractivity contribution in [2.75, 3.05) is 0 Å². The highest BCUT2D eigenvalue weighted by atomic mass is 35.5. The Morgan fingerprint density at radius 2 is 1.87 bits per heavy atom. The number of carbonyl (C=O) groups is 1. The molecule has 0 bridgehead atoms. The van der Waals surface area contributed by atoms with Crippen LogP contribution in [0.3, 0.4) is 0 Å². The van der Waals surface area contributed by atoms with Crippen LogP contribution in [0.1, 0.15) is 51.7 Å². The molecule has 2 heterocycles.